The zero-order chi connectivity index (χ0) is 22.1. The average Bonchev–Trinajstić information content (AvgIpc) is 2.71. The zero-order valence-electron chi connectivity index (χ0n) is 17.8. The fourth-order valence-corrected chi connectivity index (χ4v) is 3.23. The lowest BCUT2D eigenvalue weighted by molar-refractivity contribution is -0.385. The Hall–Kier alpha value is -3.22. The molecule has 1 N–H and O–H groups in total. The molecule has 0 aliphatic rings. The lowest BCUT2D eigenvalue weighted by atomic mass is 10.1. The van der Waals surface area contributed by atoms with E-state index < -0.39 is 11.0 Å². The van der Waals surface area contributed by atoms with E-state index in [1.54, 1.807) is 25.1 Å². The van der Waals surface area contributed by atoms with Crippen LogP contribution in [0.25, 0.3) is 0 Å². The number of nitro benzene ring substituents is 1. The van der Waals surface area contributed by atoms with Crippen molar-refractivity contribution in [2.24, 2.45) is 0 Å². The molecule has 2 amide bonds. The number of benzene rings is 2. The number of amides is 2. The molecule has 0 unspecified atom stereocenters. The first kappa shape index (κ1) is 23.1. The van der Waals surface area contributed by atoms with Crippen LogP contribution in [0.3, 0.4) is 0 Å². The Morgan fingerprint density at radius 3 is 2.57 bits per heavy atom. The van der Waals surface area contributed by atoms with Crippen molar-refractivity contribution in [3.63, 3.8) is 0 Å². The van der Waals surface area contributed by atoms with Gasteiger partial charge >= 0.3 is 0 Å². The molecule has 0 aliphatic heterocycles. The highest BCUT2D eigenvalue weighted by atomic mass is 16.6. The van der Waals surface area contributed by atoms with E-state index in [2.05, 4.69) is 5.32 Å². The predicted molar refractivity (Wildman–Crippen MR) is 116 cm³/mol. The summed E-state index contributed by atoms with van der Waals surface area (Å²) in [4.78, 5) is 38.1. The van der Waals surface area contributed by atoms with Crippen LogP contribution in [-0.4, -0.2) is 34.2 Å². The highest BCUT2D eigenvalue weighted by molar-refractivity contribution is 5.88. The summed E-state index contributed by atoms with van der Waals surface area (Å²) in [6, 6.07) is 13.2. The van der Waals surface area contributed by atoms with Crippen LogP contribution < -0.4 is 5.32 Å². The minimum absolute atomic E-state index is 0.0959. The number of nitro groups is 1. The Bertz CT molecular complexity index is 898. The zero-order valence-corrected chi connectivity index (χ0v) is 17.8. The van der Waals surface area contributed by atoms with Gasteiger partial charge in [-0.05, 0) is 25.8 Å². The molecule has 2 rings (SSSR count). The SMILES string of the molecule is CCCCNC(=O)[C@@H](C)N(Cc1cccc(C)c1)C(=O)Cc1ccccc1[N+](=O)[O-]. The summed E-state index contributed by atoms with van der Waals surface area (Å²) in [5.74, 6) is -0.559. The normalized spacial score (nSPS) is 11.6. The summed E-state index contributed by atoms with van der Waals surface area (Å²) in [6.07, 6.45) is 1.67. The lowest BCUT2D eigenvalue weighted by Gasteiger charge is -2.29. The highest BCUT2D eigenvalue weighted by Crippen LogP contribution is 2.20. The van der Waals surface area contributed by atoms with E-state index in [-0.39, 0.29) is 30.5 Å². The van der Waals surface area contributed by atoms with Crippen LogP contribution in [0.15, 0.2) is 48.5 Å². The number of carbonyl (C=O) groups is 2. The maximum atomic E-state index is 13.2. The van der Waals surface area contributed by atoms with Crippen molar-refractivity contribution in [1.29, 1.82) is 0 Å². The van der Waals surface area contributed by atoms with Crippen LogP contribution in [0.5, 0.6) is 0 Å². The first-order chi connectivity index (χ1) is 14.3. The van der Waals surface area contributed by atoms with Gasteiger partial charge < -0.3 is 10.2 Å². The van der Waals surface area contributed by atoms with Gasteiger partial charge in [-0.25, -0.2) is 0 Å². The molecule has 7 nitrogen and oxygen atoms in total. The van der Waals surface area contributed by atoms with Crippen molar-refractivity contribution in [2.75, 3.05) is 6.54 Å². The van der Waals surface area contributed by atoms with Gasteiger partial charge in [0.25, 0.3) is 5.69 Å². The van der Waals surface area contributed by atoms with E-state index in [0.717, 1.165) is 24.0 Å². The maximum Gasteiger partial charge on any atom is 0.273 e. The van der Waals surface area contributed by atoms with Gasteiger partial charge in [0.05, 0.1) is 11.3 Å². The third-order valence-corrected chi connectivity index (χ3v) is 4.96. The van der Waals surface area contributed by atoms with Gasteiger partial charge in [-0.1, -0.05) is 61.4 Å². The maximum absolute atomic E-state index is 13.2. The predicted octanol–water partition coefficient (Wildman–Crippen LogP) is 3.78. The van der Waals surface area contributed by atoms with Gasteiger partial charge in [0.2, 0.25) is 11.8 Å². The minimum Gasteiger partial charge on any atom is -0.354 e. The van der Waals surface area contributed by atoms with Crippen molar-refractivity contribution in [3.05, 3.63) is 75.3 Å². The van der Waals surface area contributed by atoms with Crippen molar-refractivity contribution >= 4 is 17.5 Å². The molecule has 1 atom stereocenters. The van der Waals surface area contributed by atoms with Gasteiger partial charge in [-0.2, -0.15) is 0 Å². The quantitative estimate of drug-likeness (QED) is 0.366. The van der Waals surface area contributed by atoms with Gasteiger partial charge in [-0.3, -0.25) is 19.7 Å². The number of nitrogens with one attached hydrogen (secondary N) is 1. The van der Waals surface area contributed by atoms with Crippen molar-refractivity contribution in [1.82, 2.24) is 10.2 Å². The smallest absolute Gasteiger partial charge is 0.273 e. The van der Waals surface area contributed by atoms with Crippen LogP contribution in [-0.2, 0) is 22.6 Å². The summed E-state index contributed by atoms with van der Waals surface area (Å²) in [5.41, 5.74) is 2.19. The number of rotatable bonds is 10. The van der Waals surface area contributed by atoms with E-state index >= 15 is 0 Å². The number of para-hydroxylation sites is 1. The van der Waals surface area contributed by atoms with Crippen LogP contribution in [0, 0.1) is 17.0 Å². The van der Waals surface area contributed by atoms with E-state index in [1.165, 1.54) is 11.0 Å². The summed E-state index contributed by atoms with van der Waals surface area (Å²) >= 11 is 0. The molecular formula is C23H29N3O4. The van der Waals surface area contributed by atoms with Gasteiger partial charge in [0.1, 0.15) is 6.04 Å². The van der Waals surface area contributed by atoms with Crippen molar-refractivity contribution < 1.29 is 14.5 Å². The standard InChI is InChI=1S/C23H29N3O4/c1-4-5-13-24-23(28)18(3)25(16-19-10-8-9-17(2)14-19)22(27)15-20-11-6-7-12-21(20)26(29)30/h6-12,14,18H,4-5,13,15-16H2,1-3H3,(H,24,28)/t18-/m1/s1. The summed E-state index contributed by atoms with van der Waals surface area (Å²) in [6.45, 7) is 6.49. The molecule has 0 fully saturated rings. The molecule has 0 radical (unpaired) electrons. The molecule has 0 aromatic heterocycles. The Morgan fingerprint density at radius 2 is 1.90 bits per heavy atom. The lowest BCUT2D eigenvalue weighted by Crippen LogP contribution is -2.48. The second-order valence-corrected chi connectivity index (χ2v) is 7.39. The third-order valence-electron chi connectivity index (χ3n) is 4.96. The second-order valence-electron chi connectivity index (χ2n) is 7.39. The topological polar surface area (TPSA) is 92.6 Å². The van der Waals surface area contributed by atoms with Crippen LogP contribution in [0.2, 0.25) is 0 Å². The third kappa shape index (κ3) is 6.40. The van der Waals surface area contributed by atoms with Crippen LogP contribution in [0.1, 0.15) is 43.4 Å². The first-order valence-electron chi connectivity index (χ1n) is 10.2. The molecule has 0 heterocycles. The number of nitrogens with zero attached hydrogens (tertiary/aromatic N) is 2. The number of unbranched alkanes of at least 4 members (excludes halogenated alkanes) is 1. The summed E-state index contributed by atoms with van der Waals surface area (Å²) in [7, 11) is 0. The first-order valence-corrected chi connectivity index (χ1v) is 10.2. The molecule has 7 heteroatoms. The Balaban J connectivity index is 2.26. The molecule has 160 valence electrons. The van der Waals surface area contributed by atoms with Gasteiger partial charge in [0.15, 0.2) is 0 Å². The van der Waals surface area contributed by atoms with E-state index in [4.69, 9.17) is 0 Å². The van der Waals surface area contributed by atoms with E-state index in [9.17, 15) is 19.7 Å². The number of carbonyl (C=O) groups excluding carboxylic acids is 2. The molecule has 0 bridgehead atoms. The summed E-state index contributed by atoms with van der Waals surface area (Å²) < 4.78 is 0. The number of hydrogen-bond acceptors (Lipinski definition) is 4. The van der Waals surface area contributed by atoms with Crippen LogP contribution in [0.4, 0.5) is 5.69 Å². The summed E-state index contributed by atoms with van der Waals surface area (Å²) in [5, 5.41) is 14.2. The van der Waals surface area contributed by atoms with Gasteiger partial charge in [-0.15, -0.1) is 0 Å². The molecule has 0 aliphatic carbocycles. The Kier molecular flexibility index (Phi) is 8.53. The van der Waals surface area contributed by atoms with Crippen molar-refractivity contribution in [2.45, 2.75) is 52.6 Å². The number of hydrogen-bond donors (Lipinski definition) is 1. The minimum atomic E-state index is -0.697. The molecule has 0 saturated heterocycles. The monoisotopic (exact) mass is 411 g/mol. The molecule has 0 spiro atoms. The second kappa shape index (κ2) is 11.1. The van der Waals surface area contributed by atoms with Crippen LogP contribution >= 0.6 is 0 Å². The fraction of sp³-hybridized carbons (Fsp3) is 0.391. The number of aryl methyl sites for hydroxylation is 1. The van der Waals surface area contributed by atoms with Gasteiger partial charge in [0, 0.05) is 24.7 Å². The van der Waals surface area contributed by atoms with Crippen molar-refractivity contribution in [3.8, 4) is 0 Å². The molecule has 2 aromatic rings. The average molecular weight is 412 g/mol. The Morgan fingerprint density at radius 1 is 1.17 bits per heavy atom. The highest BCUT2D eigenvalue weighted by Gasteiger charge is 2.27. The fourth-order valence-electron chi connectivity index (χ4n) is 3.23. The largest absolute Gasteiger partial charge is 0.354 e. The molecule has 0 saturated carbocycles. The molecule has 2 aromatic carbocycles. The molecular weight excluding hydrogens is 382 g/mol. The van der Waals surface area contributed by atoms with E-state index in [1.807, 2.05) is 38.1 Å². The van der Waals surface area contributed by atoms with E-state index in [0.29, 0.717) is 12.1 Å². The molecule has 30 heavy (non-hydrogen) atoms. The Labute approximate surface area is 177 Å².